The van der Waals surface area contributed by atoms with Crippen LogP contribution in [-0.2, 0) is 24.4 Å². The summed E-state index contributed by atoms with van der Waals surface area (Å²) in [6.45, 7) is 4.55. The molecule has 0 aliphatic heterocycles. The van der Waals surface area contributed by atoms with Crippen molar-refractivity contribution in [3.63, 3.8) is 0 Å². The topological polar surface area (TPSA) is 93.8 Å². The van der Waals surface area contributed by atoms with E-state index < -0.39 is 0 Å². The van der Waals surface area contributed by atoms with Gasteiger partial charge in [-0.3, -0.25) is 9.59 Å². The first-order chi connectivity index (χ1) is 16.5. The highest BCUT2D eigenvalue weighted by Crippen LogP contribution is 2.24. The largest absolute Gasteiger partial charge is 0.345 e. The number of nitrogens with one attached hydrogen (secondary N) is 2. The fraction of sp³-hybridized carbons (Fsp3) is 0.208. The summed E-state index contributed by atoms with van der Waals surface area (Å²) in [4.78, 5) is 29.7. The standard InChI is InChI=1S/C24H24N6O2S2/c1-3-29-20(13-25-22(32)18-12-8-7-9-16(18)2)28-30(24(29)33)14-21(31)27-23-26-19(15-34-23)17-10-5-4-6-11-17/h4-12,15H,3,13-14H2,1-2H3,(H,25,32)(H,26,27,31). The van der Waals surface area contributed by atoms with E-state index in [2.05, 4.69) is 20.7 Å². The highest BCUT2D eigenvalue weighted by Gasteiger charge is 2.15. The van der Waals surface area contributed by atoms with E-state index in [9.17, 15) is 9.59 Å². The average Bonchev–Trinajstić information content (AvgIpc) is 3.42. The van der Waals surface area contributed by atoms with Gasteiger partial charge in [-0.15, -0.1) is 11.3 Å². The van der Waals surface area contributed by atoms with Crippen LogP contribution in [0.4, 0.5) is 5.13 Å². The summed E-state index contributed by atoms with van der Waals surface area (Å²) in [5.74, 6) is 0.126. The lowest BCUT2D eigenvalue weighted by Crippen LogP contribution is -2.25. The Bertz CT molecular complexity index is 1370. The van der Waals surface area contributed by atoms with Crippen LogP contribution in [0.3, 0.4) is 0 Å². The summed E-state index contributed by atoms with van der Waals surface area (Å²) in [6, 6.07) is 17.2. The van der Waals surface area contributed by atoms with Crippen molar-refractivity contribution in [3.05, 3.63) is 81.7 Å². The second-order valence-corrected chi connectivity index (χ2v) is 8.77. The molecule has 0 spiro atoms. The van der Waals surface area contributed by atoms with Gasteiger partial charge in [0.25, 0.3) is 5.91 Å². The van der Waals surface area contributed by atoms with Crippen molar-refractivity contribution in [2.75, 3.05) is 5.32 Å². The maximum atomic E-state index is 12.6. The van der Waals surface area contributed by atoms with Crippen LogP contribution >= 0.6 is 23.6 Å². The Morgan fingerprint density at radius 3 is 2.56 bits per heavy atom. The van der Waals surface area contributed by atoms with Gasteiger partial charge in [0.1, 0.15) is 6.54 Å². The van der Waals surface area contributed by atoms with Crippen LogP contribution < -0.4 is 10.6 Å². The molecule has 0 aliphatic carbocycles. The highest BCUT2D eigenvalue weighted by atomic mass is 32.1. The van der Waals surface area contributed by atoms with Crippen LogP contribution in [0.5, 0.6) is 0 Å². The number of nitrogens with zero attached hydrogens (tertiary/aromatic N) is 4. The molecule has 2 aromatic carbocycles. The molecule has 2 aromatic heterocycles. The first kappa shape index (κ1) is 23.5. The maximum absolute atomic E-state index is 12.6. The Morgan fingerprint density at radius 2 is 1.82 bits per heavy atom. The zero-order valence-corrected chi connectivity index (χ0v) is 20.4. The quantitative estimate of drug-likeness (QED) is 0.355. The molecule has 4 aromatic rings. The molecular formula is C24H24N6O2S2. The Labute approximate surface area is 206 Å². The third kappa shape index (κ3) is 5.29. The summed E-state index contributed by atoms with van der Waals surface area (Å²) in [5.41, 5.74) is 3.30. The smallest absolute Gasteiger partial charge is 0.251 e. The fourth-order valence-electron chi connectivity index (χ4n) is 3.49. The van der Waals surface area contributed by atoms with E-state index in [0.717, 1.165) is 16.8 Å². The van der Waals surface area contributed by atoms with Crippen LogP contribution in [0.25, 0.3) is 11.3 Å². The Morgan fingerprint density at radius 1 is 1.09 bits per heavy atom. The lowest BCUT2D eigenvalue weighted by atomic mass is 10.1. The second kappa shape index (κ2) is 10.5. The molecule has 0 radical (unpaired) electrons. The van der Waals surface area contributed by atoms with Crippen molar-refractivity contribution in [2.24, 2.45) is 0 Å². The van der Waals surface area contributed by atoms with Crippen LogP contribution in [0.2, 0.25) is 0 Å². The van der Waals surface area contributed by atoms with E-state index in [4.69, 9.17) is 12.2 Å². The number of anilines is 1. The Hall–Kier alpha value is -3.63. The van der Waals surface area contributed by atoms with Crippen LogP contribution in [0.15, 0.2) is 60.0 Å². The first-order valence-corrected chi connectivity index (χ1v) is 12.1. The summed E-state index contributed by atoms with van der Waals surface area (Å²) < 4.78 is 3.69. The molecule has 0 fully saturated rings. The van der Waals surface area contributed by atoms with Crippen LogP contribution in [0, 0.1) is 11.7 Å². The van der Waals surface area contributed by atoms with Crippen LogP contribution in [-0.4, -0.2) is 31.1 Å². The molecule has 2 N–H and O–H groups in total. The van der Waals surface area contributed by atoms with E-state index in [-0.39, 0.29) is 24.9 Å². The van der Waals surface area contributed by atoms with Crippen molar-refractivity contribution in [3.8, 4) is 11.3 Å². The van der Waals surface area contributed by atoms with Crippen molar-refractivity contribution in [2.45, 2.75) is 33.5 Å². The van der Waals surface area contributed by atoms with Gasteiger partial charge in [0.05, 0.1) is 12.2 Å². The summed E-state index contributed by atoms with van der Waals surface area (Å²) in [6.07, 6.45) is 0. The lowest BCUT2D eigenvalue weighted by molar-refractivity contribution is -0.116. The minimum atomic E-state index is -0.277. The molecule has 2 amide bonds. The number of aryl methyl sites for hydroxylation is 1. The molecule has 0 unspecified atom stereocenters. The first-order valence-electron chi connectivity index (χ1n) is 10.8. The summed E-state index contributed by atoms with van der Waals surface area (Å²) in [5, 5.41) is 12.6. The molecule has 4 rings (SSSR count). The number of amides is 2. The SMILES string of the molecule is CCn1c(CNC(=O)c2ccccc2C)nn(CC(=O)Nc2nc(-c3ccccc3)cs2)c1=S. The number of thiazole rings is 1. The Kier molecular flexibility index (Phi) is 7.29. The van der Waals surface area contributed by atoms with Crippen molar-refractivity contribution >= 4 is 40.5 Å². The van der Waals surface area contributed by atoms with E-state index in [1.807, 2.05) is 67.8 Å². The molecule has 2 heterocycles. The third-order valence-corrected chi connectivity index (χ3v) is 6.41. The molecule has 174 valence electrons. The van der Waals surface area contributed by atoms with E-state index in [1.54, 1.807) is 10.6 Å². The predicted octanol–water partition coefficient (Wildman–Crippen LogP) is 4.43. The van der Waals surface area contributed by atoms with Gasteiger partial charge in [-0.25, -0.2) is 9.67 Å². The number of hydrogen-bond donors (Lipinski definition) is 2. The summed E-state index contributed by atoms with van der Waals surface area (Å²) >= 11 is 6.87. The van der Waals surface area contributed by atoms with E-state index >= 15 is 0 Å². The molecule has 0 saturated heterocycles. The van der Waals surface area contributed by atoms with E-state index in [0.29, 0.717) is 27.8 Å². The number of benzene rings is 2. The zero-order chi connectivity index (χ0) is 24.1. The molecule has 0 saturated carbocycles. The van der Waals surface area contributed by atoms with Gasteiger partial charge >= 0.3 is 0 Å². The molecule has 0 atom stereocenters. The summed E-state index contributed by atoms with van der Waals surface area (Å²) in [7, 11) is 0. The van der Waals surface area contributed by atoms with Crippen LogP contribution in [0.1, 0.15) is 28.7 Å². The predicted molar refractivity (Wildman–Crippen MR) is 135 cm³/mol. The van der Waals surface area contributed by atoms with Gasteiger partial charge in [-0.2, -0.15) is 5.10 Å². The van der Waals surface area contributed by atoms with Gasteiger partial charge < -0.3 is 15.2 Å². The van der Waals surface area contributed by atoms with Crippen molar-refractivity contribution in [1.29, 1.82) is 0 Å². The number of carbonyl (C=O) groups excluding carboxylic acids is 2. The van der Waals surface area contributed by atoms with Crippen molar-refractivity contribution in [1.82, 2.24) is 24.6 Å². The normalized spacial score (nSPS) is 10.8. The highest BCUT2D eigenvalue weighted by molar-refractivity contribution is 7.71. The molecule has 34 heavy (non-hydrogen) atoms. The second-order valence-electron chi connectivity index (χ2n) is 7.55. The maximum Gasteiger partial charge on any atom is 0.251 e. The van der Waals surface area contributed by atoms with Gasteiger partial charge in [0.2, 0.25) is 5.91 Å². The van der Waals surface area contributed by atoms with E-state index in [1.165, 1.54) is 16.0 Å². The molecule has 0 aliphatic rings. The number of aromatic nitrogens is 4. The number of rotatable bonds is 8. The molecule has 10 heteroatoms. The number of hydrogen-bond acceptors (Lipinski definition) is 6. The third-order valence-electron chi connectivity index (χ3n) is 5.23. The lowest BCUT2D eigenvalue weighted by Gasteiger charge is -2.07. The van der Waals surface area contributed by atoms with Gasteiger partial charge in [-0.1, -0.05) is 48.5 Å². The zero-order valence-electron chi connectivity index (χ0n) is 18.8. The average molecular weight is 493 g/mol. The van der Waals surface area contributed by atoms with Gasteiger partial charge in [-0.05, 0) is 37.7 Å². The number of carbonyl (C=O) groups is 2. The van der Waals surface area contributed by atoms with Gasteiger partial charge in [0, 0.05) is 23.1 Å². The minimum Gasteiger partial charge on any atom is -0.345 e. The monoisotopic (exact) mass is 492 g/mol. The van der Waals surface area contributed by atoms with Gasteiger partial charge in [0.15, 0.2) is 15.7 Å². The Balaban J connectivity index is 1.42. The molecule has 0 bridgehead atoms. The molecule has 8 nitrogen and oxygen atoms in total. The van der Waals surface area contributed by atoms with Crippen molar-refractivity contribution < 1.29 is 9.59 Å². The molecular weight excluding hydrogens is 468 g/mol. The fourth-order valence-corrected chi connectivity index (χ4v) is 4.56. The minimum absolute atomic E-state index is 0.0508.